The van der Waals surface area contributed by atoms with Crippen molar-refractivity contribution in [3.8, 4) is 0 Å². The number of benzene rings is 1. The molecule has 6 rings (SSSR count). The Morgan fingerprint density at radius 1 is 1.17 bits per heavy atom. The minimum absolute atomic E-state index is 0.0512. The number of nitrogens with zero attached hydrogens (tertiary/aromatic N) is 3. The third-order valence-corrected chi connectivity index (χ3v) is 6.91. The van der Waals surface area contributed by atoms with Gasteiger partial charge in [0, 0.05) is 38.2 Å². The molecule has 1 aromatic carbocycles. The summed E-state index contributed by atoms with van der Waals surface area (Å²) >= 11 is 0. The average molecular weight is 412 g/mol. The smallest absolute Gasteiger partial charge is 0.381 e. The second-order valence-corrected chi connectivity index (χ2v) is 8.70. The van der Waals surface area contributed by atoms with Crippen molar-refractivity contribution in [1.82, 2.24) is 20.0 Å². The van der Waals surface area contributed by atoms with Gasteiger partial charge in [0.2, 0.25) is 0 Å². The highest BCUT2D eigenvalue weighted by Gasteiger charge is 2.35. The highest BCUT2D eigenvalue weighted by atomic mass is 16.6. The molecule has 160 valence electrons. The topological polar surface area (TPSA) is 85.7 Å². The van der Waals surface area contributed by atoms with Crippen LogP contribution in [0, 0.1) is 5.92 Å². The van der Waals surface area contributed by atoms with Gasteiger partial charge in [-0.15, -0.1) is 0 Å². The summed E-state index contributed by atoms with van der Waals surface area (Å²) in [6.45, 7) is 4.56. The first-order valence-electron chi connectivity index (χ1n) is 10.9. The molecule has 8 nitrogen and oxygen atoms in total. The molecule has 4 saturated heterocycles. The molecule has 2 aromatic rings. The molecule has 2 bridgehead atoms. The summed E-state index contributed by atoms with van der Waals surface area (Å²) in [7, 11) is 1.81. The number of piperidine rings is 3. The number of nitrogens with one attached hydrogen (secondary N) is 1. The summed E-state index contributed by atoms with van der Waals surface area (Å²) in [4.78, 5) is 27.4. The number of rotatable bonds is 3. The molecule has 4 aliphatic heterocycles. The van der Waals surface area contributed by atoms with Crippen molar-refractivity contribution in [2.45, 2.75) is 37.6 Å². The van der Waals surface area contributed by atoms with Gasteiger partial charge in [-0.1, -0.05) is 12.1 Å². The second kappa shape index (κ2) is 8.00. The van der Waals surface area contributed by atoms with Crippen LogP contribution in [0.1, 0.15) is 47.7 Å². The van der Waals surface area contributed by atoms with Gasteiger partial charge < -0.3 is 19.7 Å². The van der Waals surface area contributed by atoms with Crippen molar-refractivity contribution >= 4 is 23.0 Å². The van der Waals surface area contributed by atoms with Gasteiger partial charge >= 0.3 is 12.1 Å². The van der Waals surface area contributed by atoms with E-state index < -0.39 is 12.1 Å². The normalized spacial score (nSPS) is 26.6. The molecular formula is C22H28N4O4. The average Bonchev–Trinajstić information content (AvgIpc) is 3.11. The Hall–Kier alpha value is -2.45. The van der Waals surface area contributed by atoms with Gasteiger partial charge in [-0.05, 0) is 62.2 Å². The summed E-state index contributed by atoms with van der Waals surface area (Å²) in [5, 5.41) is 7.93. The van der Waals surface area contributed by atoms with Gasteiger partial charge in [0.05, 0.1) is 5.52 Å². The molecule has 1 aromatic heterocycles. The van der Waals surface area contributed by atoms with E-state index in [0.29, 0.717) is 17.2 Å². The fourth-order valence-corrected chi connectivity index (χ4v) is 5.15. The number of esters is 1. The SMILES string of the molecule is Cn1nc(C(=O)OC(=O)N[C@H]2CN3CCC2CC3)c2ccc(C3CCOCC3)cc21. The predicted molar refractivity (Wildman–Crippen MR) is 110 cm³/mol. The molecule has 0 aliphatic carbocycles. The quantitative estimate of drug-likeness (QED) is 0.616. The lowest BCUT2D eigenvalue weighted by Crippen LogP contribution is -2.57. The zero-order chi connectivity index (χ0) is 20.7. The van der Waals surface area contributed by atoms with Crippen LogP contribution in [-0.4, -0.2) is 65.6 Å². The Bertz CT molecular complexity index is 957. The Balaban J connectivity index is 1.29. The van der Waals surface area contributed by atoms with Crippen LogP contribution in [0.4, 0.5) is 4.79 Å². The number of amides is 1. The first kappa shape index (κ1) is 19.5. The van der Waals surface area contributed by atoms with Gasteiger partial charge in [0.25, 0.3) is 0 Å². The van der Waals surface area contributed by atoms with Gasteiger partial charge in [-0.2, -0.15) is 5.10 Å². The van der Waals surface area contributed by atoms with Crippen LogP contribution in [0.2, 0.25) is 0 Å². The third-order valence-electron chi connectivity index (χ3n) is 6.91. The Morgan fingerprint density at radius 3 is 2.63 bits per heavy atom. The summed E-state index contributed by atoms with van der Waals surface area (Å²) < 4.78 is 12.3. The first-order chi connectivity index (χ1) is 14.6. The Kier molecular flexibility index (Phi) is 5.20. The lowest BCUT2D eigenvalue weighted by Gasteiger charge is -2.44. The summed E-state index contributed by atoms with van der Waals surface area (Å²) in [5.74, 6) is 0.218. The van der Waals surface area contributed by atoms with Crippen LogP contribution in [0.15, 0.2) is 18.2 Å². The van der Waals surface area contributed by atoms with E-state index in [4.69, 9.17) is 9.47 Å². The van der Waals surface area contributed by atoms with Crippen molar-refractivity contribution in [3.63, 3.8) is 0 Å². The fourth-order valence-electron chi connectivity index (χ4n) is 5.15. The monoisotopic (exact) mass is 412 g/mol. The number of alkyl carbamates (subject to hydrolysis) is 1. The molecule has 30 heavy (non-hydrogen) atoms. The van der Waals surface area contributed by atoms with E-state index in [-0.39, 0.29) is 11.7 Å². The molecule has 1 atom stereocenters. The maximum atomic E-state index is 12.7. The molecule has 4 aliphatic rings. The number of carbonyl (C=O) groups excluding carboxylic acids is 2. The Labute approximate surface area is 175 Å². The summed E-state index contributed by atoms with van der Waals surface area (Å²) in [5.41, 5.74) is 2.27. The zero-order valence-electron chi connectivity index (χ0n) is 17.3. The fraction of sp³-hybridized carbons (Fsp3) is 0.591. The molecule has 1 N–H and O–H groups in total. The molecule has 4 fully saturated rings. The van der Waals surface area contributed by atoms with Crippen LogP contribution in [0.25, 0.3) is 10.9 Å². The minimum atomic E-state index is -0.710. The third kappa shape index (κ3) is 3.70. The second-order valence-electron chi connectivity index (χ2n) is 8.70. The van der Waals surface area contributed by atoms with Crippen molar-refractivity contribution in [3.05, 3.63) is 29.5 Å². The lowest BCUT2D eigenvalue weighted by molar-refractivity contribution is 0.0519. The van der Waals surface area contributed by atoms with Crippen LogP contribution in [-0.2, 0) is 16.5 Å². The van der Waals surface area contributed by atoms with E-state index in [1.165, 1.54) is 5.56 Å². The van der Waals surface area contributed by atoms with Gasteiger partial charge in [0.1, 0.15) is 0 Å². The van der Waals surface area contributed by atoms with E-state index in [1.807, 2.05) is 12.1 Å². The number of carbonyl (C=O) groups is 2. The highest BCUT2D eigenvalue weighted by Crippen LogP contribution is 2.30. The van der Waals surface area contributed by atoms with Crippen LogP contribution >= 0.6 is 0 Å². The number of ether oxygens (including phenoxy) is 2. The Morgan fingerprint density at radius 2 is 1.93 bits per heavy atom. The van der Waals surface area contributed by atoms with Gasteiger partial charge in [-0.3, -0.25) is 4.68 Å². The lowest BCUT2D eigenvalue weighted by atomic mass is 9.84. The van der Waals surface area contributed by atoms with Gasteiger partial charge in [-0.25, -0.2) is 9.59 Å². The summed E-state index contributed by atoms with van der Waals surface area (Å²) in [6, 6.07) is 6.09. The predicted octanol–water partition coefficient (Wildman–Crippen LogP) is 2.43. The van der Waals surface area contributed by atoms with Crippen molar-refractivity contribution in [1.29, 1.82) is 0 Å². The van der Waals surface area contributed by atoms with E-state index in [9.17, 15) is 9.59 Å². The van der Waals surface area contributed by atoms with Crippen LogP contribution in [0.3, 0.4) is 0 Å². The standard InChI is InChI=1S/C22H28N4O4/c1-25-19-12-16(14-6-10-29-11-7-14)2-3-17(19)20(24-25)21(27)30-22(28)23-18-13-26-8-4-15(18)5-9-26/h2-3,12,14-15,18H,4-11,13H2,1H3,(H,23,28)/t18-/m0/s1. The largest absolute Gasteiger partial charge is 0.415 e. The van der Waals surface area contributed by atoms with Crippen LogP contribution in [0.5, 0.6) is 0 Å². The van der Waals surface area contributed by atoms with E-state index in [1.54, 1.807) is 11.7 Å². The molecule has 1 amide bonds. The number of aryl methyl sites for hydroxylation is 1. The van der Waals surface area contributed by atoms with E-state index in [0.717, 1.165) is 64.0 Å². The highest BCUT2D eigenvalue weighted by molar-refractivity contribution is 6.05. The molecule has 0 saturated carbocycles. The van der Waals surface area contributed by atoms with Crippen LogP contribution < -0.4 is 5.32 Å². The maximum absolute atomic E-state index is 12.7. The number of hydrogen-bond acceptors (Lipinski definition) is 6. The molecule has 5 heterocycles. The number of hydrogen-bond donors (Lipinski definition) is 1. The van der Waals surface area contributed by atoms with Crippen molar-refractivity contribution < 1.29 is 19.1 Å². The van der Waals surface area contributed by atoms with E-state index >= 15 is 0 Å². The molecular weight excluding hydrogens is 384 g/mol. The first-order valence-corrected chi connectivity index (χ1v) is 10.9. The number of aromatic nitrogens is 2. The molecule has 8 heteroatoms. The maximum Gasteiger partial charge on any atom is 0.415 e. The molecule has 0 radical (unpaired) electrons. The zero-order valence-corrected chi connectivity index (χ0v) is 17.3. The minimum Gasteiger partial charge on any atom is -0.381 e. The van der Waals surface area contributed by atoms with E-state index in [2.05, 4.69) is 21.4 Å². The van der Waals surface area contributed by atoms with Gasteiger partial charge in [0.15, 0.2) is 5.69 Å². The number of fused-ring (bicyclic) bond motifs is 4. The van der Waals surface area contributed by atoms with Crippen molar-refractivity contribution in [2.75, 3.05) is 32.8 Å². The summed E-state index contributed by atoms with van der Waals surface area (Å²) in [6.07, 6.45) is 3.48. The molecule has 0 unspecified atom stereocenters. The molecule has 0 spiro atoms. The van der Waals surface area contributed by atoms with Crippen molar-refractivity contribution in [2.24, 2.45) is 13.0 Å².